The zero-order valence-electron chi connectivity index (χ0n) is 24.8. The van der Waals surface area contributed by atoms with Gasteiger partial charge in [0.15, 0.2) is 35.1 Å². The summed E-state index contributed by atoms with van der Waals surface area (Å²) < 4.78 is 50.4. The molecule has 250 valence electrons. The second kappa shape index (κ2) is 12.1. The summed E-state index contributed by atoms with van der Waals surface area (Å²) >= 11 is 0. The normalized spacial score (nSPS) is 31.9. The molecule has 4 heterocycles. The van der Waals surface area contributed by atoms with Crippen LogP contribution in [0.2, 0.25) is 0 Å². The van der Waals surface area contributed by atoms with E-state index in [1.165, 1.54) is 40.4 Å². The van der Waals surface area contributed by atoms with Crippen molar-refractivity contribution in [1.82, 2.24) is 0 Å². The monoisotopic (exact) mass is 652 g/mol. The van der Waals surface area contributed by atoms with Crippen molar-refractivity contribution >= 4 is 32.7 Å². The largest absolute Gasteiger partial charge is 0.493 e. The van der Waals surface area contributed by atoms with Crippen LogP contribution in [-0.4, -0.2) is 120 Å². The van der Waals surface area contributed by atoms with Gasteiger partial charge in [-0.25, -0.2) is 9.59 Å². The molecule has 17 nitrogen and oxygen atoms in total. The number of hydrogen-bond acceptors (Lipinski definition) is 17. The fourth-order valence-electron chi connectivity index (χ4n) is 5.87. The van der Waals surface area contributed by atoms with Crippen LogP contribution in [0.5, 0.6) is 23.0 Å². The molecule has 0 amide bonds. The summed E-state index contributed by atoms with van der Waals surface area (Å²) in [5.74, 6) is -0.306. The molecule has 0 saturated carbocycles. The fourth-order valence-corrected chi connectivity index (χ4v) is 5.87. The van der Waals surface area contributed by atoms with E-state index in [0.717, 1.165) is 0 Å². The fraction of sp³-hybridized carbons (Fsp3) is 0.517. The van der Waals surface area contributed by atoms with E-state index >= 15 is 0 Å². The number of aliphatic hydroxyl groups excluding tert-OH is 6. The predicted molar refractivity (Wildman–Crippen MR) is 152 cm³/mol. The highest BCUT2D eigenvalue weighted by atomic mass is 16.8. The van der Waals surface area contributed by atoms with E-state index in [4.69, 9.17) is 42.0 Å². The first-order valence-electron chi connectivity index (χ1n) is 14.1. The van der Waals surface area contributed by atoms with Gasteiger partial charge >= 0.3 is 11.3 Å². The predicted octanol–water partition coefficient (Wildman–Crippen LogP) is -1.45. The van der Waals surface area contributed by atoms with Crippen molar-refractivity contribution in [3.63, 3.8) is 0 Å². The van der Waals surface area contributed by atoms with Gasteiger partial charge in [0.25, 0.3) is 0 Å². The summed E-state index contributed by atoms with van der Waals surface area (Å²) in [6.45, 7) is 0.643. The molecule has 0 spiro atoms. The minimum absolute atomic E-state index is 0.0178. The number of rotatable bonds is 8. The third-order valence-electron chi connectivity index (χ3n) is 8.28. The summed E-state index contributed by atoms with van der Waals surface area (Å²) in [7, 11) is 3.91. The molecule has 0 aliphatic carbocycles. The molecule has 2 aromatic carbocycles. The second-order valence-corrected chi connectivity index (χ2v) is 10.9. The lowest BCUT2D eigenvalue weighted by atomic mass is 9.97. The molecule has 0 bridgehead atoms. The molecule has 2 saturated heterocycles. The third-order valence-corrected chi connectivity index (χ3v) is 8.28. The van der Waals surface area contributed by atoms with Crippen LogP contribution in [0.15, 0.2) is 30.6 Å². The van der Waals surface area contributed by atoms with Crippen LogP contribution >= 0.6 is 0 Å². The maximum absolute atomic E-state index is 13.4. The van der Waals surface area contributed by atoms with Crippen molar-refractivity contribution in [3.8, 4) is 23.0 Å². The highest BCUT2D eigenvalue weighted by Crippen LogP contribution is 2.46. The van der Waals surface area contributed by atoms with Crippen molar-refractivity contribution < 1.29 is 72.6 Å². The van der Waals surface area contributed by atoms with Gasteiger partial charge in [0.2, 0.25) is 17.8 Å². The zero-order chi connectivity index (χ0) is 33.2. The molecule has 0 radical (unpaired) electrons. The first-order chi connectivity index (χ1) is 21.9. The van der Waals surface area contributed by atoms with Crippen LogP contribution in [0.25, 0.3) is 32.7 Å². The molecule has 2 aliphatic heterocycles. The molecule has 2 aromatic heterocycles. The van der Waals surface area contributed by atoms with E-state index in [0.29, 0.717) is 0 Å². The Morgan fingerprint density at radius 2 is 1.26 bits per heavy atom. The van der Waals surface area contributed by atoms with Crippen LogP contribution in [0, 0.1) is 0 Å². The van der Waals surface area contributed by atoms with E-state index < -0.39 is 79.3 Å². The molecule has 6 rings (SSSR count). The Morgan fingerprint density at radius 1 is 0.696 bits per heavy atom. The Balaban J connectivity index is 1.49. The lowest BCUT2D eigenvalue weighted by molar-refractivity contribution is -0.354. The Hall–Kier alpha value is -3.78. The van der Waals surface area contributed by atoms with Crippen LogP contribution < -0.4 is 30.2 Å². The first-order valence-corrected chi connectivity index (χ1v) is 14.1. The molecule has 6 N–H and O–H groups in total. The van der Waals surface area contributed by atoms with Crippen molar-refractivity contribution in [1.29, 1.82) is 0 Å². The summed E-state index contributed by atoms with van der Waals surface area (Å²) in [4.78, 5) is 26.6. The average Bonchev–Trinajstić information content (AvgIpc) is 3.04. The summed E-state index contributed by atoms with van der Waals surface area (Å²) in [6, 6.07) is 2.59. The van der Waals surface area contributed by atoms with Crippen molar-refractivity contribution in [2.24, 2.45) is 0 Å². The van der Waals surface area contributed by atoms with Gasteiger partial charge in [-0.3, -0.25) is 0 Å². The Labute approximate surface area is 257 Å². The standard InChI is InChI=1S/C29H32O17/c1-8-16(31)18(33)20(35)28(41-8)46-25-19(34)17(32)13(7-30)43-29(25)42-12-6-10-15-14-9(26(36)45-24(15)22(12)40-4)5-11(38-2)21(39-3)23(14)44-27(10)37/h5-6,8,13,16-20,25,28-35H,7H2,1-4H3/t8-,13+,16-,17+,18-,19-,20+,25+,28+,29+/m0/s1. The molecule has 10 atom stereocenters. The minimum atomic E-state index is -1.83. The topological polar surface area (TPSA) is 246 Å². The van der Waals surface area contributed by atoms with Gasteiger partial charge in [-0.1, -0.05) is 0 Å². The molecular formula is C29H32O17. The van der Waals surface area contributed by atoms with E-state index in [-0.39, 0.29) is 55.7 Å². The minimum Gasteiger partial charge on any atom is -0.493 e. The molecule has 46 heavy (non-hydrogen) atoms. The Bertz CT molecular complexity index is 1850. The van der Waals surface area contributed by atoms with Gasteiger partial charge in [0.05, 0.1) is 44.8 Å². The lowest BCUT2D eigenvalue weighted by Gasteiger charge is -2.45. The SMILES string of the molecule is COc1cc2c(=O)oc3c(OC)c(O[C@@H]4O[C@H](CO)[C@@H](O)[C@H](O)[C@H]4O[C@H]4O[C@@H](C)[C@H](O)[C@H](O)[C@H]4O)cc4c(=O)oc(c1OC)c2c34. The van der Waals surface area contributed by atoms with Gasteiger partial charge in [-0.2, -0.15) is 0 Å². The van der Waals surface area contributed by atoms with Gasteiger partial charge < -0.3 is 72.6 Å². The Kier molecular flexibility index (Phi) is 8.47. The van der Waals surface area contributed by atoms with Crippen molar-refractivity contribution in [3.05, 3.63) is 33.0 Å². The number of aliphatic hydroxyl groups is 6. The number of ether oxygens (including phenoxy) is 7. The molecule has 17 heteroatoms. The Morgan fingerprint density at radius 3 is 1.80 bits per heavy atom. The van der Waals surface area contributed by atoms with Gasteiger partial charge in [0.1, 0.15) is 36.6 Å². The lowest BCUT2D eigenvalue weighted by Crippen LogP contribution is -2.64. The highest BCUT2D eigenvalue weighted by molar-refractivity contribution is 6.22. The van der Waals surface area contributed by atoms with E-state index in [1.54, 1.807) is 0 Å². The summed E-state index contributed by atoms with van der Waals surface area (Å²) in [6.07, 6.45) is -15.9. The zero-order valence-corrected chi connectivity index (χ0v) is 24.8. The second-order valence-electron chi connectivity index (χ2n) is 10.9. The van der Waals surface area contributed by atoms with Gasteiger partial charge in [0, 0.05) is 10.8 Å². The quantitative estimate of drug-likeness (QED) is 0.0941. The average molecular weight is 653 g/mol. The summed E-state index contributed by atoms with van der Waals surface area (Å²) in [5, 5.41) is 62.4. The smallest absolute Gasteiger partial charge is 0.344 e. The maximum atomic E-state index is 13.4. The molecule has 2 aliphatic rings. The first kappa shape index (κ1) is 32.2. The molecule has 4 aromatic rings. The van der Waals surface area contributed by atoms with E-state index in [9.17, 15) is 40.2 Å². The number of hydrogen-bond donors (Lipinski definition) is 6. The van der Waals surface area contributed by atoms with Crippen LogP contribution in [0.1, 0.15) is 6.92 Å². The van der Waals surface area contributed by atoms with Crippen LogP contribution in [-0.2, 0) is 14.2 Å². The molecule has 2 fully saturated rings. The highest BCUT2D eigenvalue weighted by Gasteiger charge is 2.51. The summed E-state index contributed by atoms with van der Waals surface area (Å²) in [5.41, 5.74) is -2.05. The number of methoxy groups -OCH3 is 3. The van der Waals surface area contributed by atoms with Crippen molar-refractivity contribution in [2.75, 3.05) is 27.9 Å². The third kappa shape index (κ3) is 4.91. The maximum Gasteiger partial charge on any atom is 0.344 e. The van der Waals surface area contributed by atoms with E-state index in [1.807, 2.05) is 0 Å². The molecule has 0 unspecified atom stereocenters. The number of benzene rings is 2. The van der Waals surface area contributed by atoms with E-state index in [2.05, 4.69) is 0 Å². The molecular weight excluding hydrogens is 620 g/mol. The van der Waals surface area contributed by atoms with Crippen LogP contribution in [0.3, 0.4) is 0 Å². The van der Waals surface area contributed by atoms with Gasteiger partial charge in [-0.15, -0.1) is 0 Å². The van der Waals surface area contributed by atoms with Gasteiger partial charge in [-0.05, 0) is 19.1 Å². The van der Waals surface area contributed by atoms with Crippen molar-refractivity contribution in [2.45, 2.75) is 68.3 Å². The van der Waals surface area contributed by atoms with Crippen LogP contribution in [0.4, 0.5) is 0 Å².